The summed E-state index contributed by atoms with van der Waals surface area (Å²) in [5, 5.41) is 1.42. The van der Waals surface area contributed by atoms with E-state index in [9.17, 15) is 0 Å². The third kappa shape index (κ3) is 4.71. The monoisotopic (exact) mass is 440 g/mol. The Hall–Kier alpha value is -0.740. The quantitative estimate of drug-likeness (QED) is 0.618. The van der Waals surface area contributed by atoms with E-state index in [2.05, 4.69) is 40.1 Å². The van der Waals surface area contributed by atoms with E-state index < -0.39 is 0 Å². The van der Waals surface area contributed by atoms with Gasteiger partial charge in [-0.25, -0.2) is 0 Å². The minimum atomic E-state index is 0. The first-order valence-corrected chi connectivity index (χ1v) is 9.43. The van der Waals surface area contributed by atoms with Gasteiger partial charge in [-0.1, -0.05) is 53.5 Å². The topological polar surface area (TPSA) is 6.48 Å². The number of anilines is 1. The van der Waals surface area contributed by atoms with Gasteiger partial charge in [-0.05, 0) is 42.0 Å². The standard InChI is InChI=1S/C20H22Cl2N2.BrH/c21-17-11-18(22)13-19(12-17)24-8-6-23(7-9-24)14-16-10-20(16)15-4-2-1-3-5-15;/h1-5,11-13,16,20H,6-10,14H2;1H/t16-,20-;/m1./s1. The molecule has 5 heteroatoms. The summed E-state index contributed by atoms with van der Waals surface area (Å²) in [7, 11) is 0. The summed E-state index contributed by atoms with van der Waals surface area (Å²) in [4.78, 5) is 4.99. The molecule has 0 bridgehead atoms. The van der Waals surface area contributed by atoms with Crippen molar-refractivity contribution in [3.8, 4) is 0 Å². The molecule has 1 aliphatic carbocycles. The lowest BCUT2D eigenvalue weighted by molar-refractivity contribution is 0.246. The van der Waals surface area contributed by atoms with E-state index in [-0.39, 0.29) is 17.0 Å². The number of halogens is 3. The molecule has 134 valence electrons. The molecule has 2 nitrogen and oxygen atoms in total. The lowest BCUT2D eigenvalue weighted by Gasteiger charge is -2.36. The van der Waals surface area contributed by atoms with Crippen LogP contribution in [0.5, 0.6) is 0 Å². The van der Waals surface area contributed by atoms with Gasteiger partial charge in [-0.2, -0.15) is 0 Å². The smallest absolute Gasteiger partial charge is 0.0441 e. The van der Waals surface area contributed by atoms with Crippen molar-refractivity contribution < 1.29 is 0 Å². The predicted molar refractivity (Wildman–Crippen MR) is 113 cm³/mol. The molecule has 0 aromatic heterocycles. The number of rotatable bonds is 4. The van der Waals surface area contributed by atoms with Gasteiger partial charge in [-0.15, -0.1) is 17.0 Å². The lowest BCUT2D eigenvalue weighted by atomic mass is 10.1. The highest BCUT2D eigenvalue weighted by Gasteiger charge is 2.39. The third-order valence-electron chi connectivity index (χ3n) is 5.23. The Balaban J connectivity index is 0.00000182. The Morgan fingerprint density at radius 3 is 2.16 bits per heavy atom. The summed E-state index contributed by atoms with van der Waals surface area (Å²) >= 11 is 12.3. The van der Waals surface area contributed by atoms with Crippen LogP contribution in [-0.2, 0) is 0 Å². The van der Waals surface area contributed by atoms with Gasteiger partial charge in [0.25, 0.3) is 0 Å². The normalized spacial score (nSPS) is 23.2. The average Bonchev–Trinajstić information content (AvgIpc) is 3.35. The Kier molecular flexibility index (Phi) is 6.32. The lowest BCUT2D eigenvalue weighted by Crippen LogP contribution is -2.47. The number of piperazine rings is 1. The van der Waals surface area contributed by atoms with Crippen LogP contribution in [-0.4, -0.2) is 37.6 Å². The molecule has 25 heavy (non-hydrogen) atoms. The fraction of sp³-hybridized carbons (Fsp3) is 0.400. The molecule has 2 aliphatic rings. The van der Waals surface area contributed by atoms with Crippen LogP contribution >= 0.6 is 40.2 Å². The van der Waals surface area contributed by atoms with Crippen LogP contribution in [0.25, 0.3) is 0 Å². The Morgan fingerprint density at radius 2 is 1.52 bits per heavy atom. The molecular formula is C20H23BrCl2N2. The molecule has 1 heterocycles. The van der Waals surface area contributed by atoms with Crippen molar-refractivity contribution in [3.63, 3.8) is 0 Å². The molecule has 0 radical (unpaired) electrons. The summed E-state index contributed by atoms with van der Waals surface area (Å²) in [6.45, 7) is 5.53. The molecule has 2 aromatic carbocycles. The first kappa shape index (κ1) is 19.0. The van der Waals surface area contributed by atoms with E-state index in [1.54, 1.807) is 6.07 Å². The van der Waals surface area contributed by atoms with Crippen LogP contribution < -0.4 is 4.90 Å². The van der Waals surface area contributed by atoms with Crippen LogP contribution in [0.1, 0.15) is 17.9 Å². The molecule has 0 unspecified atom stereocenters. The van der Waals surface area contributed by atoms with E-state index in [0.717, 1.165) is 43.7 Å². The maximum atomic E-state index is 6.13. The van der Waals surface area contributed by atoms with Crippen molar-refractivity contribution in [2.45, 2.75) is 12.3 Å². The second-order valence-electron chi connectivity index (χ2n) is 6.93. The number of hydrogen-bond donors (Lipinski definition) is 0. The van der Waals surface area contributed by atoms with E-state index in [4.69, 9.17) is 23.2 Å². The summed E-state index contributed by atoms with van der Waals surface area (Å²) < 4.78 is 0. The predicted octanol–water partition coefficient (Wildman–Crippen LogP) is 5.50. The fourth-order valence-corrected chi connectivity index (χ4v) is 4.31. The van der Waals surface area contributed by atoms with Gasteiger partial charge in [0.05, 0.1) is 0 Å². The van der Waals surface area contributed by atoms with E-state index >= 15 is 0 Å². The molecule has 0 N–H and O–H groups in total. The molecule has 2 atom stereocenters. The van der Waals surface area contributed by atoms with Gasteiger partial charge in [0.2, 0.25) is 0 Å². The maximum absolute atomic E-state index is 6.13. The fourth-order valence-electron chi connectivity index (χ4n) is 3.80. The molecule has 0 spiro atoms. The summed E-state index contributed by atoms with van der Waals surface area (Å²) in [5.41, 5.74) is 2.65. The van der Waals surface area contributed by atoms with Gasteiger partial charge < -0.3 is 4.90 Å². The second-order valence-corrected chi connectivity index (χ2v) is 7.80. The van der Waals surface area contributed by atoms with Crippen LogP contribution in [0.3, 0.4) is 0 Å². The Morgan fingerprint density at radius 1 is 0.880 bits per heavy atom. The number of nitrogens with zero attached hydrogens (tertiary/aromatic N) is 2. The van der Waals surface area contributed by atoms with Gasteiger partial charge in [-0.3, -0.25) is 4.90 Å². The summed E-state index contributed by atoms with van der Waals surface area (Å²) in [6, 6.07) is 16.8. The van der Waals surface area contributed by atoms with Crippen molar-refractivity contribution in [1.29, 1.82) is 0 Å². The van der Waals surface area contributed by atoms with Crippen molar-refractivity contribution in [1.82, 2.24) is 4.90 Å². The van der Waals surface area contributed by atoms with Crippen molar-refractivity contribution in [3.05, 3.63) is 64.1 Å². The number of hydrogen-bond acceptors (Lipinski definition) is 2. The van der Waals surface area contributed by atoms with E-state index in [0.29, 0.717) is 10.0 Å². The Labute approximate surface area is 170 Å². The molecule has 0 amide bonds. The highest BCUT2D eigenvalue weighted by Crippen LogP contribution is 2.47. The van der Waals surface area contributed by atoms with Crippen molar-refractivity contribution in [2.24, 2.45) is 5.92 Å². The molecular weight excluding hydrogens is 419 g/mol. The summed E-state index contributed by atoms with van der Waals surface area (Å²) in [5.74, 6) is 1.61. The maximum Gasteiger partial charge on any atom is 0.0441 e. The molecule has 2 aromatic rings. The van der Waals surface area contributed by atoms with Crippen molar-refractivity contribution >= 4 is 45.9 Å². The third-order valence-corrected chi connectivity index (χ3v) is 5.66. The number of benzene rings is 2. The first-order valence-electron chi connectivity index (χ1n) is 8.67. The zero-order valence-electron chi connectivity index (χ0n) is 14.1. The van der Waals surface area contributed by atoms with E-state index in [1.807, 2.05) is 12.1 Å². The first-order chi connectivity index (χ1) is 11.7. The van der Waals surface area contributed by atoms with Crippen LogP contribution in [0.15, 0.2) is 48.5 Å². The minimum absolute atomic E-state index is 0. The highest BCUT2D eigenvalue weighted by atomic mass is 79.9. The van der Waals surface area contributed by atoms with Gasteiger partial charge in [0.1, 0.15) is 0 Å². The van der Waals surface area contributed by atoms with Gasteiger partial charge >= 0.3 is 0 Å². The zero-order valence-corrected chi connectivity index (χ0v) is 17.3. The molecule has 4 rings (SSSR count). The van der Waals surface area contributed by atoms with Crippen LogP contribution in [0, 0.1) is 5.92 Å². The largest absolute Gasteiger partial charge is 0.369 e. The summed E-state index contributed by atoms with van der Waals surface area (Å²) in [6.07, 6.45) is 1.34. The highest BCUT2D eigenvalue weighted by molar-refractivity contribution is 8.93. The zero-order chi connectivity index (χ0) is 16.5. The van der Waals surface area contributed by atoms with E-state index in [1.165, 1.54) is 18.5 Å². The molecule has 1 aliphatic heterocycles. The van der Waals surface area contributed by atoms with Crippen molar-refractivity contribution in [2.75, 3.05) is 37.6 Å². The van der Waals surface area contributed by atoms with Gasteiger partial charge in [0, 0.05) is 48.5 Å². The van der Waals surface area contributed by atoms with Crippen LogP contribution in [0.4, 0.5) is 5.69 Å². The Bertz CT molecular complexity index is 682. The SMILES string of the molecule is Br.Clc1cc(Cl)cc(N2CCN(C[C@H]3C[C@@H]3c3ccccc3)CC2)c1. The second kappa shape index (κ2) is 8.30. The van der Waals surface area contributed by atoms with Gasteiger partial charge in [0.15, 0.2) is 0 Å². The minimum Gasteiger partial charge on any atom is -0.369 e. The molecule has 1 saturated heterocycles. The molecule has 1 saturated carbocycles. The average molecular weight is 442 g/mol. The van der Waals surface area contributed by atoms with Crippen LogP contribution in [0.2, 0.25) is 10.0 Å². The molecule has 2 fully saturated rings.